The Kier molecular flexibility index (Phi) is 10.0. The number of fused-ring (bicyclic) bond motifs is 1. The highest BCUT2D eigenvalue weighted by Crippen LogP contribution is 2.29. The summed E-state index contributed by atoms with van der Waals surface area (Å²) in [4.78, 5) is 42.8. The van der Waals surface area contributed by atoms with Crippen molar-refractivity contribution in [2.24, 2.45) is 11.8 Å². The fourth-order valence-electron chi connectivity index (χ4n) is 4.85. The average Bonchev–Trinajstić information content (AvgIpc) is 2.87. The average molecular weight is 539 g/mol. The van der Waals surface area contributed by atoms with Crippen LogP contribution in [0.2, 0.25) is 0 Å². The van der Waals surface area contributed by atoms with Crippen molar-refractivity contribution in [3.63, 3.8) is 0 Å². The second-order valence-corrected chi connectivity index (χ2v) is 11.8. The van der Waals surface area contributed by atoms with Gasteiger partial charge in [-0.25, -0.2) is 9.59 Å². The van der Waals surface area contributed by atoms with Gasteiger partial charge in [0.15, 0.2) is 0 Å². The van der Waals surface area contributed by atoms with Crippen molar-refractivity contribution in [2.45, 2.75) is 71.6 Å². The molecule has 0 saturated carbocycles. The lowest BCUT2D eigenvalue weighted by Gasteiger charge is -2.39. The number of para-hydroxylation sites is 1. The van der Waals surface area contributed by atoms with E-state index in [1.807, 2.05) is 68.4 Å². The summed E-state index contributed by atoms with van der Waals surface area (Å²) in [6.45, 7) is 9.81. The van der Waals surface area contributed by atoms with Gasteiger partial charge in [-0.3, -0.25) is 9.69 Å². The van der Waals surface area contributed by atoms with Gasteiger partial charge < -0.3 is 19.5 Å². The molecule has 1 N–H and O–H groups in total. The summed E-state index contributed by atoms with van der Waals surface area (Å²) in [7, 11) is 1.55. The molecule has 8 heteroatoms. The molecule has 0 saturated heterocycles. The minimum atomic E-state index is -1.11. The fourth-order valence-corrected chi connectivity index (χ4v) is 4.85. The zero-order valence-electron chi connectivity index (χ0n) is 23.9. The molecule has 3 rings (SSSR count). The topological polar surface area (TPSA) is 96.4 Å². The molecule has 0 radical (unpaired) electrons. The Bertz CT molecular complexity index is 1130. The fraction of sp³-hybridized carbons (Fsp3) is 0.516. The van der Waals surface area contributed by atoms with Gasteiger partial charge in [-0.05, 0) is 56.7 Å². The Morgan fingerprint density at radius 1 is 1.03 bits per heavy atom. The molecule has 0 aliphatic carbocycles. The third kappa shape index (κ3) is 8.47. The molecule has 1 aliphatic heterocycles. The zero-order chi connectivity index (χ0) is 28.7. The molecular weight excluding hydrogens is 496 g/mol. The van der Waals surface area contributed by atoms with E-state index in [2.05, 4.69) is 0 Å². The molecule has 2 unspecified atom stereocenters. The van der Waals surface area contributed by atoms with Gasteiger partial charge in [0.1, 0.15) is 23.4 Å². The number of amides is 2. The normalized spacial score (nSPS) is 16.4. The third-order valence-corrected chi connectivity index (χ3v) is 6.76. The number of ether oxygens (including phenoxy) is 2. The Morgan fingerprint density at radius 2 is 1.67 bits per heavy atom. The van der Waals surface area contributed by atoms with Crippen LogP contribution in [0, 0.1) is 11.8 Å². The van der Waals surface area contributed by atoms with Gasteiger partial charge in [0.2, 0.25) is 5.91 Å². The highest BCUT2D eigenvalue weighted by molar-refractivity contribution is 5.89. The maximum atomic E-state index is 14.3. The Hall–Kier alpha value is -3.55. The van der Waals surface area contributed by atoms with Crippen molar-refractivity contribution in [1.29, 1.82) is 0 Å². The number of likely N-dealkylation sites (N-methyl/N-ethyl adjacent to an activating group) is 1. The molecular formula is C31H42N2O6. The van der Waals surface area contributed by atoms with Gasteiger partial charge in [0.05, 0.1) is 6.61 Å². The number of carbonyl (C=O) groups excluding carboxylic acids is 2. The number of hydrogen-bond acceptors (Lipinski definition) is 5. The number of carbonyl (C=O) groups is 3. The van der Waals surface area contributed by atoms with Crippen molar-refractivity contribution in [1.82, 2.24) is 9.80 Å². The van der Waals surface area contributed by atoms with E-state index in [1.165, 1.54) is 9.80 Å². The minimum absolute atomic E-state index is 0.0768. The zero-order valence-corrected chi connectivity index (χ0v) is 23.9. The Labute approximate surface area is 231 Å². The first-order valence-corrected chi connectivity index (χ1v) is 13.6. The summed E-state index contributed by atoms with van der Waals surface area (Å²) in [5, 5.41) is 10.4. The summed E-state index contributed by atoms with van der Waals surface area (Å²) in [5.41, 5.74) is 1.11. The maximum absolute atomic E-state index is 14.3. The molecule has 0 spiro atoms. The maximum Gasteiger partial charge on any atom is 0.410 e. The van der Waals surface area contributed by atoms with Gasteiger partial charge in [-0.1, -0.05) is 62.4 Å². The lowest BCUT2D eigenvalue weighted by molar-refractivity contribution is -0.153. The molecule has 0 aromatic heterocycles. The highest BCUT2D eigenvalue weighted by Gasteiger charge is 2.40. The number of carboxylic acids is 1. The number of rotatable bonds is 10. The van der Waals surface area contributed by atoms with Crippen LogP contribution < -0.4 is 4.74 Å². The van der Waals surface area contributed by atoms with Crippen LogP contribution in [0.3, 0.4) is 0 Å². The van der Waals surface area contributed by atoms with E-state index in [9.17, 15) is 19.5 Å². The number of benzene rings is 2. The first-order chi connectivity index (χ1) is 18.4. The lowest BCUT2D eigenvalue weighted by Crippen LogP contribution is -2.57. The summed E-state index contributed by atoms with van der Waals surface area (Å²) in [5.74, 6) is -0.708. The van der Waals surface area contributed by atoms with E-state index in [0.717, 1.165) is 16.9 Å². The SMILES string of the molecule is CC(C)C[C@@H](C(=O)N(CC1COc2ccccc2C1)C(Cc1ccccc1)C(=O)O)N(C)C(=O)OC(C)(C)C. The predicted molar refractivity (Wildman–Crippen MR) is 150 cm³/mol. The summed E-state index contributed by atoms with van der Waals surface area (Å²) >= 11 is 0. The number of carboxylic acid groups (broad SMARTS) is 1. The third-order valence-electron chi connectivity index (χ3n) is 6.76. The monoisotopic (exact) mass is 538 g/mol. The van der Waals surface area contributed by atoms with E-state index in [1.54, 1.807) is 27.8 Å². The summed E-state index contributed by atoms with van der Waals surface area (Å²) in [6.07, 6.45) is 0.559. The molecule has 3 atom stereocenters. The van der Waals surface area contributed by atoms with Crippen LogP contribution in [0.4, 0.5) is 4.79 Å². The van der Waals surface area contributed by atoms with E-state index in [-0.39, 0.29) is 24.8 Å². The van der Waals surface area contributed by atoms with Crippen molar-refractivity contribution in [3.8, 4) is 5.75 Å². The molecule has 1 heterocycles. The van der Waals surface area contributed by atoms with Crippen molar-refractivity contribution >= 4 is 18.0 Å². The van der Waals surface area contributed by atoms with Gasteiger partial charge in [0, 0.05) is 25.9 Å². The first kappa shape index (κ1) is 30.0. The number of nitrogens with zero attached hydrogens (tertiary/aromatic N) is 2. The van der Waals surface area contributed by atoms with Gasteiger partial charge in [-0.2, -0.15) is 0 Å². The van der Waals surface area contributed by atoms with Crippen LogP contribution in [-0.2, 0) is 27.2 Å². The van der Waals surface area contributed by atoms with E-state index in [0.29, 0.717) is 19.4 Å². The van der Waals surface area contributed by atoms with Crippen LogP contribution in [0.1, 0.15) is 52.2 Å². The predicted octanol–water partition coefficient (Wildman–Crippen LogP) is 5.04. The standard InChI is InChI=1S/C31H42N2O6/c1-21(2)16-25(32(6)30(37)39-31(3,4)5)28(34)33(26(29(35)36)18-22-12-8-7-9-13-22)19-23-17-24-14-10-11-15-27(24)38-20-23/h7-15,21,23,25-26H,16-20H2,1-6H3,(H,35,36)/t23?,25-,26?/m0/s1. The smallest absolute Gasteiger partial charge is 0.410 e. The van der Waals surface area contributed by atoms with Crippen LogP contribution >= 0.6 is 0 Å². The second kappa shape index (κ2) is 13.0. The van der Waals surface area contributed by atoms with E-state index >= 15 is 0 Å². The summed E-state index contributed by atoms with van der Waals surface area (Å²) in [6, 6.07) is 15.1. The van der Waals surface area contributed by atoms with Gasteiger partial charge >= 0.3 is 12.1 Å². The highest BCUT2D eigenvalue weighted by atomic mass is 16.6. The summed E-state index contributed by atoms with van der Waals surface area (Å²) < 4.78 is 11.5. The minimum Gasteiger partial charge on any atom is -0.493 e. The van der Waals surface area contributed by atoms with E-state index < -0.39 is 35.7 Å². The number of aliphatic carboxylic acids is 1. The van der Waals surface area contributed by atoms with E-state index in [4.69, 9.17) is 9.47 Å². The molecule has 1 aliphatic rings. The van der Waals surface area contributed by atoms with Crippen LogP contribution in [0.5, 0.6) is 5.75 Å². The quantitative estimate of drug-likeness (QED) is 0.455. The molecule has 212 valence electrons. The molecule has 0 fully saturated rings. The molecule has 39 heavy (non-hydrogen) atoms. The van der Waals surface area contributed by atoms with Gasteiger partial charge in [0.25, 0.3) is 0 Å². The molecule has 8 nitrogen and oxygen atoms in total. The lowest BCUT2D eigenvalue weighted by atomic mass is 9.93. The van der Waals surface area contributed by atoms with Crippen LogP contribution in [0.15, 0.2) is 54.6 Å². The van der Waals surface area contributed by atoms with Crippen LogP contribution in [-0.4, -0.2) is 70.8 Å². The molecule has 0 bridgehead atoms. The Morgan fingerprint density at radius 3 is 2.28 bits per heavy atom. The first-order valence-electron chi connectivity index (χ1n) is 13.6. The largest absolute Gasteiger partial charge is 0.493 e. The molecule has 2 amide bonds. The molecule has 2 aromatic rings. The molecule has 2 aromatic carbocycles. The van der Waals surface area contributed by atoms with Crippen molar-refractivity contribution < 1.29 is 29.0 Å². The number of hydrogen-bond donors (Lipinski definition) is 1. The van der Waals surface area contributed by atoms with Crippen molar-refractivity contribution in [3.05, 3.63) is 65.7 Å². The Balaban J connectivity index is 1.96. The second-order valence-electron chi connectivity index (χ2n) is 11.8. The van der Waals surface area contributed by atoms with Crippen LogP contribution in [0.25, 0.3) is 0 Å². The van der Waals surface area contributed by atoms with Gasteiger partial charge in [-0.15, -0.1) is 0 Å². The van der Waals surface area contributed by atoms with Crippen molar-refractivity contribution in [2.75, 3.05) is 20.2 Å².